The second kappa shape index (κ2) is 5.90. The normalized spacial score (nSPS) is 10.6. The van der Waals surface area contributed by atoms with E-state index in [9.17, 15) is 9.59 Å². The van der Waals surface area contributed by atoms with Crippen molar-refractivity contribution in [2.45, 2.75) is 0 Å². The Morgan fingerprint density at radius 1 is 1.45 bits per heavy atom. The van der Waals surface area contributed by atoms with Crippen LogP contribution in [0.15, 0.2) is 29.2 Å². The van der Waals surface area contributed by atoms with Crippen molar-refractivity contribution in [3.8, 4) is 11.1 Å². The van der Waals surface area contributed by atoms with Gasteiger partial charge in [0.1, 0.15) is 18.6 Å². The zero-order valence-corrected chi connectivity index (χ0v) is 12.3. The maximum atomic E-state index is 12.1. The van der Waals surface area contributed by atoms with Crippen molar-refractivity contribution in [2.75, 3.05) is 13.7 Å². The lowest BCUT2D eigenvalue weighted by Crippen LogP contribution is -2.31. The number of thiophene rings is 1. The van der Waals surface area contributed by atoms with Crippen LogP contribution in [0.1, 0.15) is 10.5 Å². The SMILES string of the molecule is COC(=O)CNC(=O)c1cc(-c2ccsc2)c2nncn2n1. The number of carbonyl (C=O) groups is 2. The fraction of sp³-hybridized carbons (Fsp3) is 0.154. The van der Waals surface area contributed by atoms with E-state index in [-0.39, 0.29) is 12.2 Å². The van der Waals surface area contributed by atoms with Gasteiger partial charge >= 0.3 is 5.97 Å². The summed E-state index contributed by atoms with van der Waals surface area (Å²) in [6.07, 6.45) is 1.42. The number of hydrogen-bond donors (Lipinski definition) is 1. The lowest BCUT2D eigenvalue weighted by atomic mass is 10.1. The summed E-state index contributed by atoms with van der Waals surface area (Å²) in [6, 6.07) is 3.55. The van der Waals surface area contributed by atoms with Crippen LogP contribution in [0, 0.1) is 0 Å². The standard InChI is InChI=1S/C13H11N5O3S/c1-21-11(19)5-14-13(20)10-4-9(8-2-3-22-6-8)12-16-15-7-18(12)17-10/h2-4,6-7H,5H2,1H3,(H,14,20). The monoisotopic (exact) mass is 317 g/mol. The number of ether oxygens (including phenoxy) is 1. The van der Waals surface area contributed by atoms with Gasteiger partial charge in [-0.3, -0.25) is 9.59 Å². The summed E-state index contributed by atoms with van der Waals surface area (Å²) >= 11 is 1.54. The second-order valence-electron chi connectivity index (χ2n) is 4.31. The Morgan fingerprint density at radius 3 is 3.05 bits per heavy atom. The van der Waals surface area contributed by atoms with Crippen molar-refractivity contribution in [2.24, 2.45) is 0 Å². The Kier molecular flexibility index (Phi) is 3.79. The number of nitrogens with one attached hydrogen (secondary N) is 1. The average Bonchev–Trinajstić information content (AvgIpc) is 3.21. The molecule has 0 aliphatic rings. The zero-order chi connectivity index (χ0) is 15.5. The fourth-order valence-corrected chi connectivity index (χ4v) is 2.54. The van der Waals surface area contributed by atoms with Gasteiger partial charge < -0.3 is 10.1 Å². The molecular formula is C13H11N5O3S. The molecule has 22 heavy (non-hydrogen) atoms. The largest absolute Gasteiger partial charge is 0.468 e. The number of esters is 1. The van der Waals surface area contributed by atoms with Crippen LogP contribution in [0.2, 0.25) is 0 Å². The van der Waals surface area contributed by atoms with Crippen LogP contribution in [0.25, 0.3) is 16.8 Å². The maximum Gasteiger partial charge on any atom is 0.325 e. The van der Waals surface area contributed by atoms with E-state index in [1.54, 1.807) is 6.07 Å². The van der Waals surface area contributed by atoms with Gasteiger partial charge in [-0.25, -0.2) is 0 Å². The highest BCUT2D eigenvalue weighted by atomic mass is 32.1. The van der Waals surface area contributed by atoms with Crippen molar-refractivity contribution < 1.29 is 14.3 Å². The molecular weight excluding hydrogens is 306 g/mol. The van der Waals surface area contributed by atoms with E-state index in [4.69, 9.17) is 0 Å². The highest BCUT2D eigenvalue weighted by molar-refractivity contribution is 7.08. The third-order valence-corrected chi connectivity index (χ3v) is 3.64. The number of fused-ring (bicyclic) bond motifs is 1. The molecule has 0 saturated carbocycles. The molecule has 3 aromatic heterocycles. The first-order valence-electron chi connectivity index (χ1n) is 6.27. The smallest absolute Gasteiger partial charge is 0.325 e. The van der Waals surface area contributed by atoms with Gasteiger partial charge in [0.15, 0.2) is 5.65 Å². The Hall–Kier alpha value is -2.81. The van der Waals surface area contributed by atoms with Gasteiger partial charge in [0, 0.05) is 5.56 Å². The van der Waals surface area contributed by atoms with Crippen molar-refractivity contribution in [3.05, 3.63) is 34.9 Å². The Bertz CT molecular complexity index is 827. The van der Waals surface area contributed by atoms with E-state index in [1.165, 1.54) is 29.3 Å². The molecule has 112 valence electrons. The lowest BCUT2D eigenvalue weighted by Gasteiger charge is -2.06. The minimum absolute atomic E-state index is 0.164. The Labute approximate surface area is 128 Å². The van der Waals surface area contributed by atoms with E-state index in [0.29, 0.717) is 5.65 Å². The van der Waals surface area contributed by atoms with Crippen molar-refractivity contribution in [1.29, 1.82) is 0 Å². The van der Waals surface area contributed by atoms with Crippen LogP contribution in [0.3, 0.4) is 0 Å². The predicted molar refractivity (Wildman–Crippen MR) is 78.4 cm³/mol. The van der Waals surface area contributed by atoms with Crippen molar-refractivity contribution >= 4 is 28.9 Å². The molecule has 3 heterocycles. The molecule has 0 aliphatic carbocycles. The molecule has 3 rings (SSSR count). The van der Waals surface area contributed by atoms with E-state index >= 15 is 0 Å². The first kappa shape index (κ1) is 14.1. The molecule has 8 nitrogen and oxygen atoms in total. The second-order valence-corrected chi connectivity index (χ2v) is 5.09. The fourth-order valence-electron chi connectivity index (χ4n) is 1.88. The maximum absolute atomic E-state index is 12.1. The van der Waals surface area contributed by atoms with Crippen LogP contribution in [-0.4, -0.2) is 45.3 Å². The molecule has 0 aliphatic heterocycles. The lowest BCUT2D eigenvalue weighted by molar-refractivity contribution is -0.139. The highest BCUT2D eigenvalue weighted by Gasteiger charge is 2.16. The summed E-state index contributed by atoms with van der Waals surface area (Å²) in [7, 11) is 1.25. The van der Waals surface area contributed by atoms with E-state index in [0.717, 1.165) is 11.1 Å². The van der Waals surface area contributed by atoms with E-state index in [2.05, 4.69) is 25.3 Å². The molecule has 0 fully saturated rings. The van der Waals surface area contributed by atoms with Crippen LogP contribution >= 0.6 is 11.3 Å². The number of carbonyl (C=O) groups excluding carboxylic acids is 2. The first-order chi connectivity index (χ1) is 10.7. The number of methoxy groups -OCH3 is 1. The molecule has 9 heteroatoms. The number of hydrogen-bond acceptors (Lipinski definition) is 7. The molecule has 3 aromatic rings. The molecule has 0 spiro atoms. The van der Waals surface area contributed by atoms with E-state index < -0.39 is 11.9 Å². The van der Waals surface area contributed by atoms with Crippen molar-refractivity contribution in [1.82, 2.24) is 25.1 Å². The summed E-state index contributed by atoms with van der Waals surface area (Å²) < 4.78 is 5.91. The predicted octanol–water partition coefficient (Wildman–Crippen LogP) is 0.756. The van der Waals surface area contributed by atoms with Crippen LogP contribution in [0.5, 0.6) is 0 Å². The van der Waals surface area contributed by atoms with Crippen molar-refractivity contribution in [3.63, 3.8) is 0 Å². The topological polar surface area (TPSA) is 98.5 Å². The minimum atomic E-state index is -0.531. The van der Waals surface area contributed by atoms with Gasteiger partial charge in [0.2, 0.25) is 0 Å². The third-order valence-electron chi connectivity index (χ3n) is 2.95. The van der Waals surface area contributed by atoms with E-state index in [1.807, 2.05) is 16.8 Å². The Morgan fingerprint density at radius 2 is 2.32 bits per heavy atom. The molecule has 0 unspecified atom stereocenters. The molecule has 0 aromatic carbocycles. The number of nitrogens with zero attached hydrogens (tertiary/aromatic N) is 4. The first-order valence-corrected chi connectivity index (χ1v) is 7.22. The van der Waals surface area contributed by atoms with Gasteiger partial charge in [-0.05, 0) is 28.5 Å². The molecule has 0 atom stereocenters. The summed E-state index contributed by atoms with van der Waals surface area (Å²) in [5.41, 5.74) is 2.39. The summed E-state index contributed by atoms with van der Waals surface area (Å²) in [6.45, 7) is -0.217. The summed E-state index contributed by atoms with van der Waals surface area (Å²) in [5, 5.41) is 18.3. The zero-order valence-electron chi connectivity index (χ0n) is 11.5. The number of aromatic nitrogens is 4. The third kappa shape index (κ3) is 2.66. The van der Waals surface area contributed by atoms with Gasteiger partial charge in [-0.2, -0.15) is 21.0 Å². The number of rotatable bonds is 4. The molecule has 1 amide bonds. The average molecular weight is 317 g/mol. The Balaban J connectivity index is 1.97. The number of amides is 1. The van der Waals surface area contributed by atoms with Crippen LogP contribution in [-0.2, 0) is 9.53 Å². The van der Waals surface area contributed by atoms with Crippen LogP contribution in [0.4, 0.5) is 0 Å². The quantitative estimate of drug-likeness (QED) is 0.713. The summed E-state index contributed by atoms with van der Waals surface area (Å²) in [5.74, 6) is -1.01. The minimum Gasteiger partial charge on any atom is -0.468 e. The molecule has 0 bridgehead atoms. The molecule has 0 radical (unpaired) electrons. The van der Waals surface area contributed by atoms with Gasteiger partial charge in [0.25, 0.3) is 5.91 Å². The highest BCUT2D eigenvalue weighted by Crippen LogP contribution is 2.25. The van der Waals surface area contributed by atoms with Gasteiger partial charge in [0.05, 0.1) is 7.11 Å². The molecule has 0 saturated heterocycles. The van der Waals surface area contributed by atoms with Gasteiger partial charge in [-0.1, -0.05) is 0 Å². The summed E-state index contributed by atoms with van der Waals surface area (Å²) in [4.78, 5) is 23.2. The van der Waals surface area contributed by atoms with Gasteiger partial charge in [-0.15, -0.1) is 10.2 Å². The molecule has 1 N–H and O–H groups in total. The van der Waals surface area contributed by atoms with Crippen LogP contribution < -0.4 is 5.32 Å².